The van der Waals surface area contributed by atoms with Gasteiger partial charge in [0.2, 0.25) is 0 Å². The number of rotatable bonds is 2. The van der Waals surface area contributed by atoms with E-state index in [4.69, 9.17) is 11.6 Å². The second-order valence-electron chi connectivity index (χ2n) is 4.89. The predicted octanol–water partition coefficient (Wildman–Crippen LogP) is 3.33. The zero-order valence-electron chi connectivity index (χ0n) is 12.2. The summed E-state index contributed by atoms with van der Waals surface area (Å²) in [5.74, 6) is -0.879. The fraction of sp³-hybridized carbons (Fsp3) is 0.200. The Balaban J connectivity index is 2.52. The molecule has 122 valence electrons. The predicted molar refractivity (Wildman–Crippen MR) is 80.9 cm³/mol. The van der Waals surface area contributed by atoms with Gasteiger partial charge in [-0.2, -0.15) is 13.2 Å². The molecule has 0 aliphatic heterocycles. The number of carbonyl (C=O) groups excluding carboxylic acids is 1. The summed E-state index contributed by atoms with van der Waals surface area (Å²) in [5.41, 5.74) is -2.33. The van der Waals surface area contributed by atoms with E-state index in [1.165, 1.54) is 38.4 Å². The van der Waals surface area contributed by atoms with Gasteiger partial charge in [0.1, 0.15) is 0 Å². The van der Waals surface area contributed by atoms with Crippen LogP contribution in [-0.4, -0.2) is 17.5 Å². The fourth-order valence-corrected chi connectivity index (χ4v) is 2.12. The second kappa shape index (κ2) is 6.08. The van der Waals surface area contributed by atoms with Crippen molar-refractivity contribution < 1.29 is 18.0 Å². The highest BCUT2D eigenvalue weighted by Crippen LogP contribution is 2.32. The Bertz CT molecular complexity index is 798. The van der Waals surface area contributed by atoms with Crippen molar-refractivity contribution in [3.63, 3.8) is 0 Å². The molecule has 1 aromatic heterocycles. The Labute approximate surface area is 134 Å². The van der Waals surface area contributed by atoms with E-state index in [0.717, 1.165) is 15.7 Å². The molecule has 0 fully saturated rings. The molecule has 0 atom stereocenters. The lowest BCUT2D eigenvalue weighted by Gasteiger charge is -2.20. The SMILES string of the molecule is CN(C(=O)c1cn(C)c(=O)cc1C(F)(F)F)c1ccc(Cl)cc1. The molecule has 0 aliphatic rings. The van der Waals surface area contributed by atoms with Gasteiger partial charge in [-0.05, 0) is 24.3 Å². The standard InChI is InChI=1S/C15H12ClF3N2O2/c1-20-8-11(12(7-13(20)22)15(17,18)19)14(23)21(2)10-5-3-9(16)4-6-10/h3-8H,1-2H3. The van der Waals surface area contributed by atoms with Gasteiger partial charge in [-0.15, -0.1) is 0 Å². The zero-order valence-corrected chi connectivity index (χ0v) is 12.9. The number of benzene rings is 1. The number of amides is 1. The molecule has 0 bridgehead atoms. The van der Waals surface area contributed by atoms with E-state index in [9.17, 15) is 22.8 Å². The highest BCUT2D eigenvalue weighted by atomic mass is 35.5. The number of aryl methyl sites for hydroxylation is 1. The normalized spacial score (nSPS) is 11.4. The number of anilines is 1. The molecule has 0 saturated carbocycles. The van der Waals surface area contributed by atoms with Crippen molar-refractivity contribution in [2.24, 2.45) is 7.05 Å². The topological polar surface area (TPSA) is 42.3 Å². The van der Waals surface area contributed by atoms with E-state index in [1.54, 1.807) is 0 Å². The Hall–Kier alpha value is -2.28. The average molecular weight is 345 g/mol. The molecule has 0 aliphatic carbocycles. The first-order valence-corrected chi connectivity index (χ1v) is 6.80. The molecule has 2 aromatic rings. The second-order valence-corrected chi connectivity index (χ2v) is 5.32. The Kier molecular flexibility index (Phi) is 4.51. The first kappa shape index (κ1) is 17.1. The van der Waals surface area contributed by atoms with Crippen LogP contribution in [0.15, 0.2) is 41.3 Å². The number of alkyl halides is 3. The lowest BCUT2D eigenvalue weighted by Crippen LogP contribution is -2.31. The first-order valence-electron chi connectivity index (χ1n) is 6.43. The molecule has 0 N–H and O–H groups in total. The summed E-state index contributed by atoms with van der Waals surface area (Å²) in [7, 11) is 2.62. The van der Waals surface area contributed by atoms with Crippen LogP contribution < -0.4 is 10.5 Å². The van der Waals surface area contributed by atoms with Crippen molar-refractivity contribution >= 4 is 23.2 Å². The molecular weight excluding hydrogens is 333 g/mol. The van der Waals surface area contributed by atoms with Crippen molar-refractivity contribution in [3.8, 4) is 0 Å². The van der Waals surface area contributed by atoms with Crippen LogP contribution in [0.3, 0.4) is 0 Å². The van der Waals surface area contributed by atoms with Gasteiger partial charge in [-0.25, -0.2) is 0 Å². The maximum Gasteiger partial charge on any atom is 0.417 e. The van der Waals surface area contributed by atoms with Crippen LogP contribution in [-0.2, 0) is 13.2 Å². The maximum atomic E-state index is 13.1. The molecule has 0 saturated heterocycles. The van der Waals surface area contributed by atoms with Crippen molar-refractivity contribution in [3.05, 3.63) is 63.0 Å². The van der Waals surface area contributed by atoms with Gasteiger partial charge < -0.3 is 9.47 Å². The Morgan fingerprint density at radius 1 is 1.22 bits per heavy atom. The van der Waals surface area contributed by atoms with Crippen LogP contribution in [0, 0.1) is 0 Å². The summed E-state index contributed by atoms with van der Waals surface area (Å²) >= 11 is 5.75. The van der Waals surface area contributed by atoms with Gasteiger partial charge in [0.15, 0.2) is 0 Å². The molecule has 23 heavy (non-hydrogen) atoms. The quantitative estimate of drug-likeness (QED) is 0.838. The van der Waals surface area contributed by atoms with Crippen molar-refractivity contribution in [1.82, 2.24) is 4.57 Å². The number of hydrogen-bond donors (Lipinski definition) is 0. The maximum absolute atomic E-state index is 13.1. The molecule has 4 nitrogen and oxygen atoms in total. The minimum atomic E-state index is -4.81. The monoisotopic (exact) mass is 344 g/mol. The third-order valence-corrected chi connectivity index (χ3v) is 3.53. The van der Waals surface area contributed by atoms with E-state index in [1.807, 2.05) is 0 Å². The molecule has 0 unspecified atom stereocenters. The highest BCUT2D eigenvalue weighted by molar-refractivity contribution is 6.30. The van der Waals surface area contributed by atoms with Crippen LogP contribution in [0.1, 0.15) is 15.9 Å². The van der Waals surface area contributed by atoms with Crippen molar-refractivity contribution in [2.75, 3.05) is 11.9 Å². The third-order valence-electron chi connectivity index (χ3n) is 3.28. The molecule has 0 radical (unpaired) electrons. The smallest absolute Gasteiger partial charge is 0.318 e. The number of hydrogen-bond acceptors (Lipinski definition) is 2. The summed E-state index contributed by atoms with van der Waals surface area (Å²) in [4.78, 5) is 25.0. The van der Waals surface area contributed by atoms with E-state index in [-0.39, 0.29) is 0 Å². The number of carbonyl (C=O) groups is 1. The lowest BCUT2D eigenvalue weighted by atomic mass is 10.1. The van der Waals surface area contributed by atoms with Crippen LogP contribution in [0.5, 0.6) is 0 Å². The molecule has 1 amide bonds. The third kappa shape index (κ3) is 3.56. The Morgan fingerprint density at radius 3 is 2.30 bits per heavy atom. The molecular formula is C15H12ClF3N2O2. The van der Waals surface area contributed by atoms with Crippen LogP contribution >= 0.6 is 11.6 Å². The summed E-state index contributed by atoms with van der Waals surface area (Å²) in [5, 5.41) is 0.438. The van der Waals surface area contributed by atoms with E-state index < -0.39 is 28.8 Å². The number of aromatic nitrogens is 1. The molecule has 1 aromatic carbocycles. The van der Waals surface area contributed by atoms with E-state index >= 15 is 0 Å². The summed E-state index contributed by atoms with van der Waals surface area (Å²) < 4.78 is 40.2. The van der Waals surface area contributed by atoms with Crippen LogP contribution in [0.4, 0.5) is 18.9 Å². The van der Waals surface area contributed by atoms with Gasteiger partial charge in [-0.1, -0.05) is 11.6 Å². The van der Waals surface area contributed by atoms with Crippen LogP contribution in [0.25, 0.3) is 0 Å². The average Bonchev–Trinajstić information content (AvgIpc) is 2.48. The fourth-order valence-electron chi connectivity index (χ4n) is 2.00. The highest BCUT2D eigenvalue weighted by Gasteiger charge is 2.37. The molecule has 1 heterocycles. The lowest BCUT2D eigenvalue weighted by molar-refractivity contribution is -0.138. The molecule has 0 spiro atoms. The van der Waals surface area contributed by atoms with E-state index in [2.05, 4.69) is 0 Å². The largest absolute Gasteiger partial charge is 0.417 e. The number of halogens is 4. The van der Waals surface area contributed by atoms with Gasteiger partial charge >= 0.3 is 6.18 Å². The minimum Gasteiger partial charge on any atom is -0.318 e. The molecule has 8 heteroatoms. The van der Waals surface area contributed by atoms with E-state index in [0.29, 0.717) is 16.8 Å². The van der Waals surface area contributed by atoms with Crippen molar-refractivity contribution in [1.29, 1.82) is 0 Å². The summed E-state index contributed by atoms with van der Waals surface area (Å²) in [6.07, 6.45) is -3.92. The zero-order chi connectivity index (χ0) is 17.4. The van der Waals surface area contributed by atoms with Gasteiger partial charge in [0, 0.05) is 37.1 Å². The minimum absolute atomic E-state index is 0.376. The number of pyridine rings is 1. The Morgan fingerprint density at radius 2 is 1.78 bits per heavy atom. The summed E-state index contributed by atoms with van der Waals surface area (Å²) in [6.45, 7) is 0. The van der Waals surface area contributed by atoms with Gasteiger partial charge in [0.05, 0.1) is 11.1 Å². The first-order chi connectivity index (χ1) is 10.6. The van der Waals surface area contributed by atoms with Gasteiger partial charge in [-0.3, -0.25) is 9.59 Å². The molecule has 2 rings (SSSR count). The van der Waals surface area contributed by atoms with Gasteiger partial charge in [0.25, 0.3) is 11.5 Å². The van der Waals surface area contributed by atoms with Crippen molar-refractivity contribution in [2.45, 2.75) is 6.18 Å². The number of nitrogens with zero attached hydrogens (tertiary/aromatic N) is 2. The van der Waals surface area contributed by atoms with Crippen LogP contribution in [0.2, 0.25) is 5.02 Å². The summed E-state index contributed by atoms with van der Waals surface area (Å²) in [6, 6.07) is 6.48.